The van der Waals surface area contributed by atoms with Gasteiger partial charge in [-0.05, 0) is 51.4 Å². The van der Waals surface area contributed by atoms with Gasteiger partial charge in [-0.15, -0.1) is 0 Å². The maximum atomic E-state index is 12.6. The van der Waals surface area contributed by atoms with Gasteiger partial charge in [0.2, 0.25) is 0 Å². The van der Waals surface area contributed by atoms with Crippen LogP contribution < -0.4 is 0 Å². The Morgan fingerprint density at radius 3 is 1.08 bits per heavy atom. The Labute approximate surface area is 328 Å². The van der Waals surface area contributed by atoms with Gasteiger partial charge < -0.3 is 14.2 Å². The number of allylic oxidation sites excluding steroid dienone is 4. The van der Waals surface area contributed by atoms with Gasteiger partial charge in [0.25, 0.3) is 0 Å². The maximum absolute atomic E-state index is 12.6. The first-order valence-electron chi connectivity index (χ1n) is 22.8. The summed E-state index contributed by atoms with van der Waals surface area (Å²) < 4.78 is 16.7. The lowest BCUT2D eigenvalue weighted by atomic mass is 10.1. The molecule has 0 aromatic heterocycles. The molecule has 1 atom stereocenters. The molecule has 0 amide bonds. The van der Waals surface area contributed by atoms with E-state index in [1.807, 2.05) is 0 Å². The van der Waals surface area contributed by atoms with E-state index in [2.05, 4.69) is 45.1 Å². The van der Waals surface area contributed by atoms with Crippen molar-refractivity contribution in [2.75, 3.05) is 13.2 Å². The standard InChI is InChI=1S/C47H86O6/c1-4-7-10-13-16-19-20-21-22-23-24-25-26-29-31-34-37-40-46(49)52-43-44(53-47(50)41-38-35-32-28-18-15-12-9-6-3)42-51-45(48)39-36-33-30-27-17-14-11-8-5-2/h16,19,21-22,44H,4-15,17-18,20,23-43H2,1-3H3/b19-16-,22-21-/t44-/m1/s1. The van der Waals surface area contributed by atoms with Crippen molar-refractivity contribution in [3.05, 3.63) is 24.3 Å². The van der Waals surface area contributed by atoms with Crippen LogP contribution in [0.15, 0.2) is 24.3 Å². The summed E-state index contributed by atoms with van der Waals surface area (Å²) in [7, 11) is 0. The fraction of sp³-hybridized carbons (Fsp3) is 0.851. The monoisotopic (exact) mass is 747 g/mol. The van der Waals surface area contributed by atoms with E-state index in [4.69, 9.17) is 14.2 Å². The molecule has 0 saturated carbocycles. The minimum atomic E-state index is -0.765. The third-order valence-electron chi connectivity index (χ3n) is 9.96. The minimum Gasteiger partial charge on any atom is -0.462 e. The molecule has 0 aliphatic carbocycles. The van der Waals surface area contributed by atoms with Gasteiger partial charge in [0.15, 0.2) is 6.10 Å². The molecule has 6 nitrogen and oxygen atoms in total. The van der Waals surface area contributed by atoms with E-state index in [0.717, 1.165) is 70.6 Å². The Bertz CT molecular complexity index is 865. The van der Waals surface area contributed by atoms with Crippen LogP contribution in [-0.4, -0.2) is 37.2 Å². The van der Waals surface area contributed by atoms with Gasteiger partial charge in [-0.1, -0.05) is 193 Å². The van der Waals surface area contributed by atoms with Gasteiger partial charge in [-0.2, -0.15) is 0 Å². The van der Waals surface area contributed by atoms with E-state index in [-0.39, 0.29) is 31.1 Å². The average molecular weight is 747 g/mol. The largest absolute Gasteiger partial charge is 0.462 e. The van der Waals surface area contributed by atoms with Gasteiger partial charge in [-0.25, -0.2) is 0 Å². The first kappa shape index (κ1) is 50.9. The summed E-state index contributed by atoms with van der Waals surface area (Å²) in [5.41, 5.74) is 0. The predicted molar refractivity (Wildman–Crippen MR) is 224 cm³/mol. The van der Waals surface area contributed by atoms with Gasteiger partial charge in [0, 0.05) is 19.3 Å². The smallest absolute Gasteiger partial charge is 0.306 e. The Hall–Kier alpha value is -2.11. The second-order valence-electron chi connectivity index (χ2n) is 15.3. The zero-order valence-corrected chi connectivity index (χ0v) is 35.3. The molecule has 0 aromatic carbocycles. The Morgan fingerprint density at radius 1 is 0.377 bits per heavy atom. The molecule has 0 aromatic rings. The molecule has 0 saturated heterocycles. The fourth-order valence-corrected chi connectivity index (χ4v) is 6.47. The number of ether oxygens (including phenoxy) is 3. The van der Waals surface area contributed by atoms with E-state index in [0.29, 0.717) is 19.3 Å². The van der Waals surface area contributed by atoms with Crippen molar-refractivity contribution in [3.8, 4) is 0 Å². The summed E-state index contributed by atoms with van der Waals surface area (Å²) in [6.45, 7) is 6.57. The van der Waals surface area contributed by atoms with E-state index in [9.17, 15) is 14.4 Å². The fourth-order valence-electron chi connectivity index (χ4n) is 6.47. The molecule has 53 heavy (non-hydrogen) atoms. The van der Waals surface area contributed by atoms with E-state index in [1.165, 1.54) is 128 Å². The van der Waals surface area contributed by atoms with Crippen LogP contribution in [0.2, 0.25) is 0 Å². The van der Waals surface area contributed by atoms with Gasteiger partial charge in [0.05, 0.1) is 0 Å². The molecular weight excluding hydrogens is 661 g/mol. The molecule has 0 bridgehead atoms. The molecule has 0 spiro atoms. The Kier molecular flexibility index (Phi) is 40.9. The van der Waals surface area contributed by atoms with Crippen molar-refractivity contribution in [2.45, 2.75) is 245 Å². The second kappa shape index (κ2) is 42.6. The molecule has 0 unspecified atom stereocenters. The highest BCUT2D eigenvalue weighted by molar-refractivity contribution is 5.71. The third kappa shape index (κ3) is 40.9. The lowest BCUT2D eigenvalue weighted by Gasteiger charge is -2.18. The van der Waals surface area contributed by atoms with Gasteiger partial charge in [-0.3, -0.25) is 14.4 Å². The number of hydrogen-bond donors (Lipinski definition) is 0. The van der Waals surface area contributed by atoms with Crippen molar-refractivity contribution >= 4 is 17.9 Å². The summed E-state index contributed by atoms with van der Waals surface area (Å²) >= 11 is 0. The van der Waals surface area contributed by atoms with E-state index < -0.39 is 6.10 Å². The van der Waals surface area contributed by atoms with Crippen LogP contribution in [-0.2, 0) is 28.6 Å². The molecule has 0 heterocycles. The van der Waals surface area contributed by atoms with Gasteiger partial charge in [0.1, 0.15) is 13.2 Å². The SMILES string of the molecule is CCCCC/C=C\C/C=C\CCCCCCCCCC(=O)OC[C@@H](COC(=O)CCCCCCCCCCC)OC(=O)CCCCCCCCCCC. The number of rotatable bonds is 41. The number of hydrogen-bond acceptors (Lipinski definition) is 6. The summed E-state index contributed by atoms with van der Waals surface area (Å²) in [4.78, 5) is 37.6. The molecule has 310 valence electrons. The van der Waals surface area contributed by atoms with Crippen molar-refractivity contribution in [1.29, 1.82) is 0 Å². The second-order valence-corrected chi connectivity index (χ2v) is 15.3. The maximum Gasteiger partial charge on any atom is 0.306 e. The molecule has 0 aliphatic heterocycles. The van der Waals surface area contributed by atoms with Crippen molar-refractivity contribution in [2.24, 2.45) is 0 Å². The summed E-state index contributed by atoms with van der Waals surface area (Å²) in [6, 6.07) is 0. The topological polar surface area (TPSA) is 78.9 Å². The molecule has 6 heteroatoms. The highest BCUT2D eigenvalue weighted by atomic mass is 16.6. The van der Waals surface area contributed by atoms with Crippen LogP contribution in [0.3, 0.4) is 0 Å². The molecule has 0 aliphatic rings. The average Bonchev–Trinajstić information content (AvgIpc) is 3.15. The zero-order chi connectivity index (χ0) is 38.7. The molecule has 0 fully saturated rings. The van der Waals surface area contributed by atoms with Crippen LogP contribution >= 0.6 is 0 Å². The number of esters is 3. The van der Waals surface area contributed by atoms with Crippen LogP contribution in [0.4, 0.5) is 0 Å². The Balaban J connectivity index is 4.28. The first-order chi connectivity index (χ1) is 26.0. The molecule has 0 rings (SSSR count). The van der Waals surface area contributed by atoms with Crippen LogP contribution in [0, 0.1) is 0 Å². The highest BCUT2D eigenvalue weighted by Gasteiger charge is 2.19. The lowest BCUT2D eigenvalue weighted by Crippen LogP contribution is -2.30. The highest BCUT2D eigenvalue weighted by Crippen LogP contribution is 2.14. The number of carbonyl (C=O) groups excluding carboxylic acids is 3. The van der Waals surface area contributed by atoms with Gasteiger partial charge >= 0.3 is 17.9 Å². The minimum absolute atomic E-state index is 0.0704. The zero-order valence-electron chi connectivity index (χ0n) is 35.3. The third-order valence-corrected chi connectivity index (χ3v) is 9.96. The molecule has 0 radical (unpaired) electrons. The summed E-state index contributed by atoms with van der Waals surface area (Å²) in [6.07, 6.45) is 45.9. The number of unbranched alkanes of at least 4 members (excludes halogenated alkanes) is 26. The Morgan fingerprint density at radius 2 is 0.679 bits per heavy atom. The molecule has 0 N–H and O–H groups in total. The normalized spacial score (nSPS) is 12.1. The van der Waals surface area contributed by atoms with Crippen LogP contribution in [0.25, 0.3) is 0 Å². The van der Waals surface area contributed by atoms with E-state index in [1.54, 1.807) is 0 Å². The summed E-state index contributed by atoms with van der Waals surface area (Å²) in [5, 5.41) is 0. The van der Waals surface area contributed by atoms with Crippen molar-refractivity contribution < 1.29 is 28.6 Å². The number of carbonyl (C=O) groups is 3. The quantitative estimate of drug-likeness (QED) is 0.0268. The predicted octanol–water partition coefficient (Wildman–Crippen LogP) is 14.4. The molecular formula is C47H86O6. The van der Waals surface area contributed by atoms with Crippen LogP contribution in [0.5, 0.6) is 0 Å². The van der Waals surface area contributed by atoms with Crippen molar-refractivity contribution in [3.63, 3.8) is 0 Å². The van der Waals surface area contributed by atoms with Crippen LogP contribution in [0.1, 0.15) is 239 Å². The van der Waals surface area contributed by atoms with Crippen molar-refractivity contribution in [1.82, 2.24) is 0 Å². The summed E-state index contributed by atoms with van der Waals surface area (Å²) in [5.74, 6) is -0.879. The first-order valence-corrected chi connectivity index (χ1v) is 22.8. The lowest BCUT2D eigenvalue weighted by molar-refractivity contribution is -0.167. The van der Waals surface area contributed by atoms with E-state index >= 15 is 0 Å².